The minimum Gasteiger partial charge on any atom is -0.493 e. The second-order valence-electron chi connectivity index (χ2n) is 4.54. The highest BCUT2D eigenvalue weighted by Crippen LogP contribution is 2.29. The Hall–Kier alpha value is -1.83. The number of hydrogen-bond acceptors (Lipinski definition) is 4. The lowest BCUT2D eigenvalue weighted by Crippen LogP contribution is -2.24. The molecule has 0 unspecified atom stereocenters. The van der Waals surface area contributed by atoms with E-state index in [1.807, 2.05) is 0 Å². The topological polar surface area (TPSA) is 64.6 Å². The summed E-state index contributed by atoms with van der Waals surface area (Å²) in [7, 11) is -1.01. The average molecular weight is 360 g/mol. The molecule has 0 fully saturated rings. The van der Waals surface area contributed by atoms with Gasteiger partial charge in [0.1, 0.15) is 5.82 Å². The van der Waals surface area contributed by atoms with Crippen molar-refractivity contribution in [2.24, 2.45) is 0 Å². The molecule has 5 nitrogen and oxygen atoms in total. The van der Waals surface area contributed by atoms with Crippen molar-refractivity contribution in [2.75, 3.05) is 14.2 Å². The molecule has 0 bridgehead atoms. The van der Waals surface area contributed by atoms with Crippen molar-refractivity contribution < 1.29 is 22.3 Å². The molecule has 0 atom stereocenters. The predicted molar refractivity (Wildman–Crippen MR) is 85.0 cm³/mol. The minimum absolute atomic E-state index is 0.0254. The summed E-state index contributed by atoms with van der Waals surface area (Å²) in [6.07, 6.45) is 0. The van der Waals surface area contributed by atoms with E-state index >= 15 is 0 Å². The van der Waals surface area contributed by atoms with E-state index in [-0.39, 0.29) is 27.8 Å². The maximum Gasteiger partial charge on any atom is 0.241 e. The Morgan fingerprint density at radius 2 is 1.83 bits per heavy atom. The van der Waals surface area contributed by atoms with Gasteiger partial charge in [-0.3, -0.25) is 0 Å². The summed E-state index contributed by atoms with van der Waals surface area (Å²) in [5, 5.41) is 0.153. The van der Waals surface area contributed by atoms with E-state index in [1.165, 1.54) is 50.6 Å². The number of rotatable bonds is 6. The Kier molecular flexibility index (Phi) is 5.46. The molecule has 0 aliphatic rings. The third kappa shape index (κ3) is 3.93. The first-order valence-corrected chi connectivity index (χ1v) is 8.39. The zero-order chi connectivity index (χ0) is 17.0. The van der Waals surface area contributed by atoms with Gasteiger partial charge in [0.2, 0.25) is 10.0 Å². The number of benzene rings is 2. The van der Waals surface area contributed by atoms with E-state index < -0.39 is 15.8 Å². The molecule has 0 amide bonds. The van der Waals surface area contributed by atoms with Crippen molar-refractivity contribution in [3.8, 4) is 11.5 Å². The third-order valence-corrected chi connectivity index (χ3v) is 4.92. The van der Waals surface area contributed by atoms with Crippen molar-refractivity contribution in [1.29, 1.82) is 0 Å². The first-order valence-electron chi connectivity index (χ1n) is 6.53. The fourth-order valence-corrected chi connectivity index (χ4v) is 3.18. The van der Waals surface area contributed by atoms with Crippen molar-refractivity contribution in [3.05, 3.63) is 52.8 Å². The average Bonchev–Trinajstić information content (AvgIpc) is 2.53. The highest BCUT2D eigenvalue weighted by molar-refractivity contribution is 7.89. The number of methoxy groups -OCH3 is 2. The summed E-state index contributed by atoms with van der Waals surface area (Å²) in [6.45, 7) is -0.262. The minimum atomic E-state index is -3.86. The molecule has 8 heteroatoms. The van der Waals surface area contributed by atoms with Gasteiger partial charge in [0.15, 0.2) is 11.5 Å². The van der Waals surface area contributed by atoms with Crippen LogP contribution in [0.15, 0.2) is 41.3 Å². The number of halogens is 2. The second kappa shape index (κ2) is 7.16. The molecule has 0 aliphatic heterocycles. The molecular weight excluding hydrogens is 345 g/mol. The SMILES string of the molecule is COc1ccc(S(=O)(=O)NCc2c(F)cccc2Cl)cc1OC. The van der Waals surface area contributed by atoms with E-state index in [9.17, 15) is 12.8 Å². The monoisotopic (exact) mass is 359 g/mol. The molecule has 0 aliphatic carbocycles. The molecule has 124 valence electrons. The summed E-state index contributed by atoms with van der Waals surface area (Å²) >= 11 is 5.88. The van der Waals surface area contributed by atoms with Crippen LogP contribution in [0.1, 0.15) is 5.56 Å². The van der Waals surface area contributed by atoms with Crippen LogP contribution in [0.25, 0.3) is 0 Å². The standard InChI is InChI=1S/C15H15ClFNO4S/c1-21-14-7-6-10(8-15(14)22-2)23(19,20)18-9-11-12(16)4-3-5-13(11)17/h3-8,18H,9H2,1-2H3. The van der Waals surface area contributed by atoms with E-state index in [4.69, 9.17) is 21.1 Å². The zero-order valence-electron chi connectivity index (χ0n) is 12.5. The van der Waals surface area contributed by atoms with Crippen LogP contribution in [0.4, 0.5) is 4.39 Å². The highest BCUT2D eigenvalue weighted by atomic mass is 35.5. The molecule has 2 aromatic carbocycles. The Labute approximate surface area is 139 Å². The number of ether oxygens (including phenoxy) is 2. The largest absolute Gasteiger partial charge is 0.493 e. The van der Waals surface area contributed by atoms with Crippen LogP contribution in [-0.2, 0) is 16.6 Å². The van der Waals surface area contributed by atoms with Crippen LogP contribution in [0.5, 0.6) is 11.5 Å². The molecule has 2 rings (SSSR count). The molecule has 0 saturated carbocycles. The molecule has 0 aromatic heterocycles. The third-order valence-electron chi connectivity index (χ3n) is 3.17. The molecule has 0 spiro atoms. The van der Waals surface area contributed by atoms with Crippen LogP contribution in [0.3, 0.4) is 0 Å². The van der Waals surface area contributed by atoms with Gasteiger partial charge < -0.3 is 9.47 Å². The Morgan fingerprint density at radius 1 is 1.13 bits per heavy atom. The Morgan fingerprint density at radius 3 is 2.43 bits per heavy atom. The lowest BCUT2D eigenvalue weighted by molar-refractivity contribution is 0.354. The molecule has 0 heterocycles. The van der Waals surface area contributed by atoms with E-state index in [1.54, 1.807) is 0 Å². The van der Waals surface area contributed by atoms with Gasteiger partial charge in [-0.05, 0) is 24.3 Å². The quantitative estimate of drug-likeness (QED) is 0.861. The van der Waals surface area contributed by atoms with Crippen LogP contribution in [0, 0.1) is 5.82 Å². The molecule has 1 N–H and O–H groups in total. The van der Waals surface area contributed by atoms with Crippen LogP contribution in [-0.4, -0.2) is 22.6 Å². The van der Waals surface area contributed by atoms with Gasteiger partial charge in [0.25, 0.3) is 0 Å². The van der Waals surface area contributed by atoms with Crippen LogP contribution < -0.4 is 14.2 Å². The number of hydrogen-bond donors (Lipinski definition) is 1. The fraction of sp³-hybridized carbons (Fsp3) is 0.200. The van der Waals surface area contributed by atoms with Gasteiger partial charge in [-0.25, -0.2) is 17.5 Å². The smallest absolute Gasteiger partial charge is 0.241 e. The van der Waals surface area contributed by atoms with Crippen LogP contribution >= 0.6 is 11.6 Å². The summed E-state index contributed by atoms with van der Waals surface area (Å²) in [5.74, 6) is 0.107. The summed E-state index contributed by atoms with van der Waals surface area (Å²) in [5.41, 5.74) is 0.0817. The highest BCUT2D eigenvalue weighted by Gasteiger charge is 2.18. The second-order valence-corrected chi connectivity index (χ2v) is 6.72. The van der Waals surface area contributed by atoms with E-state index in [0.717, 1.165) is 0 Å². The zero-order valence-corrected chi connectivity index (χ0v) is 14.0. The first-order chi connectivity index (χ1) is 10.9. The van der Waals surface area contributed by atoms with Crippen molar-refractivity contribution >= 4 is 21.6 Å². The van der Waals surface area contributed by atoms with Gasteiger partial charge in [0, 0.05) is 23.2 Å². The van der Waals surface area contributed by atoms with E-state index in [2.05, 4.69) is 4.72 Å². The maximum atomic E-state index is 13.7. The maximum absolute atomic E-state index is 13.7. The van der Waals surface area contributed by atoms with Crippen molar-refractivity contribution in [2.45, 2.75) is 11.4 Å². The van der Waals surface area contributed by atoms with Gasteiger partial charge in [-0.1, -0.05) is 17.7 Å². The molecule has 2 aromatic rings. The van der Waals surface area contributed by atoms with Crippen molar-refractivity contribution in [1.82, 2.24) is 4.72 Å². The van der Waals surface area contributed by atoms with Gasteiger partial charge in [-0.2, -0.15) is 0 Å². The van der Waals surface area contributed by atoms with Gasteiger partial charge in [-0.15, -0.1) is 0 Å². The molecule has 23 heavy (non-hydrogen) atoms. The molecular formula is C15H15ClFNO4S. The number of sulfonamides is 1. The van der Waals surface area contributed by atoms with Crippen molar-refractivity contribution in [3.63, 3.8) is 0 Å². The summed E-state index contributed by atoms with van der Waals surface area (Å²) in [6, 6.07) is 8.32. The summed E-state index contributed by atoms with van der Waals surface area (Å²) in [4.78, 5) is -0.0254. The normalized spacial score (nSPS) is 11.3. The fourth-order valence-electron chi connectivity index (χ4n) is 1.94. The lowest BCUT2D eigenvalue weighted by atomic mass is 10.2. The van der Waals surface area contributed by atoms with Gasteiger partial charge in [0.05, 0.1) is 19.1 Å². The van der Waals surface area contributed by atoms with Crippen LogP contribution in [0.2, 0.25) is 5.02 Å². The first kappa shape index (κ1) is 17.5. The van der Waals surface area contributed by atoms with Gasteiger partial charge >= 0.3 is 0 Å². The lowest BCUT2D eigenvalue weighted by Gasteiger charge is -2.12. The molecule has 0 saturated heterocycles. The molecule has 0 radical (unpaired) electrons. The Bertz CT molecular complexity index is 791. The van der Waals surface area contributed by atoms with E-state index in [0.29, 0.717) is 5.75 Å². The predicted octanol–water partition coefficient (Wildman–Crippen LogP) is 2.97. The Balaban J connectivity index is 2.26. The summed E-state index contributed by atoms with van der Waals surface area (Å²) < 4.78 is 50.8. The number of nitrogens with one attached hydrogen (secondary N) is 1.